The van der Waals surface area contributed by atoms with E-state index in [2.05, 4.69) is 317 Å². The van der Waals surface area contributed by atoms with Gasteiger partial charge in [-0.25, -0.2) is 0 Å². The van der Waals surface area contributed by atoms with Gasteiger partial charge in [0.15, 0.2) is 0 Å². The Bertz CT molecular complexity index is 4650. The van der Waals surface area contributed by atoms with Crippen LogP contribution in [0.2, 0.25) is 0 Å². The topological polar surface area (TPSA) is 22.3 Å². The van der Waals surface area contributed by atoms with E-state index < -0.39 is 0 Å². The third-order valence-corrected chi connectivity index (χ3v) is 16.6. The summed E-state index contributed by atoms with van der Waals surface area (Å²) in [5.41, 5.74) is 25.0. The van der Waals surface area contributed by atoms with Gasteiger partial charge in [-0.3, -0.25) is 0 Å². The van der Waals surface area contributed by atoms with Crippen molar-refractivity contribution in [3.63, 3.8) is 0 Å². The summed E-state index contributed by atoms with van der Waals surface area (Å²) in [4.78, 5) is 2.55. The highest BCUT2D eigenvalue weighted by molar-refractivity contribution is 6.99. The number of benzene rings is 12. The fourth-order valence-corrected chi connectivity index (χ4v) is 13.2. The normalized spacial score (nSPS) is 12.2. The molecule has 0 atom stereocenters. The smallest absolute Gasteiger partial charge is 0.256 e. The molecule has 2 aliphatic rings. The molecule has 0 saturated heterocycles. The second kappa shape index (κ2) is 19.1. The molecule has 378 valence electrons. The number of nitrogens with zero attached hydrogens (tertiary/aromatic N) is 3. The first-order chi connectivity index (χ1) is 40.2. The van der Waals surface area contributed by atoms with Gasteiger partial charge in [0.1, 0.15) is 11.5 Å². The fraction of sp³-hybridized carbons (Fsp3) is 0. The molecule has 2 aromatic heterocycles. The van der Waals surface area contributed by atoms with E-state index in [1.165, 1.54) is 38.5 Å². The quantitative estimate of drug-likeness (QED) is 0.134. The minimum Gasteiger partial charge on any atom is -0.458 e. The molecule has 12 aromatic carbocycles. The Morgan fingerprint density at radius 1 is 0.296 bits per heavy atom. The monoisotopic (exact) mass is 1030 g/mol. The Kier molecular flexibility index (Phi) is 11.0. The predicted molar refractivity (Wildman–Crippen MR) is 339 cm³/mol. The average Bonchev–Trinajstić information content (AvgIpc) is 4.29. The predicted octanol–water partition coefficient (Wildman–Crippen LogP) is 18.0. The van der Waals surface area contributed by atoms with Crippen LogP contribution in [0.1, 0.15) is 0 Å². The fourth-order valence-electron chi connectivity index (χ4n) is 13.2. The number of fused-ring (bicyclic) bond motifs is 6. The van der Waals surface area contributed by atoms with Gasteiger partial charge in [0.2, 0.25) is 0 Å². The Morgan fingerprint density at radius 2 is 0.716 bits per heavy atom. The maximum Gasteiger partial charge on any atom is 0.256 e. The average molecular weight is 1030 g/mol. The van der Waals surface area contributed by atoms with Gasteiger partial charge in [-0.1, -0.05) is 255 Å². The molecule has 0 aliphatic carbocycles. The van der Waals surface area contributed by atoms with E-state index in [1.54, 1.807) is 0 Å². The Balaban J connectivity index is 0.973. The highest BCUT2D eigenvalue weighted by atomic mass is 16.5. The summed E-state index contributed by atoms with van der Waals surface area (Å²) in [5, 5.41) is 2.39. The summed E-state index contributed by atoms with van der Waals surface area (Å²) >= 11 is 0. The molecule has 16 rings (SSSR count). The van der Waals surface area contributed by atoms with Crippen molar-refractivity contribution in [1.82, 2.24) is 9.13 Å². The molecule has 0 spiro atoms. The maximum atomic E-state index is 7.37. The van der Waals surface area contributed by atoms with Crippen LogP contribution in [0.3, 0.4) is 0 Å². The SMILES string of the molecule is c1ccc(-c2cccc(-c3ccccc3)c2N2c3cc(-n4c(-c5ccccc5)c(-c5ccccc5)c5ccccc54)ccc3B3c4ccc(-n5c(-c6ccccc6)c(-c6ccccc6)c6ccccc65)cc4Oc4cccc2c43)cc1. The zero-order valence-electron chi connectivity index (χ0n) is 44.2. The number of hydrogen-bond donors (Lipinski definition) is 0. The van der Waals surface area contributed by atoms with Crippen LogP contribution < -0.4 is 26.0 Å². The van der Waals surface area contributed by atoms with Gasteiger partial charge in [0, 0.05) is 61.8 Å². The van der Waals surface area contributed by atoms with Gasteiger partial charge in [-0.2, -0.15) is 0 Å². The minimum atomic E-state index is -0.164. The van der Waals surface area contributed by atoms with Crippen LogP contribution in [-0.2, 0) is 0 Å². The van der Waals surface area contributed by atoms with E-state index in [1.807, 2.05) is 0 Å². The molecule has 81 heavy (non-hydrogen) atoms. The summed E-state index contributed by atoms with van der Waals surface area (Å²) in [5.74, 6) is 1.69. The van der Waals surface area contributed by atoms with Gasteiger partial charge >= 0.3 is 0 Å². The summed E-state index contributed by atoms with van der Waals surface area (Å²) in [6.45, 7) is -0.164. The van der Waals surface area contributed by atoms with Crippen LogP contribution in [0.15, 0.2) is 303 Å². The van der Waals surface area contributed by atoms with Crippen molar-refractivity contribution in [1.29, 1.82) is 0 Å². The zero-order valence-corrected chi connectivity index (χ0v) is 44.2. The summed E-state index contributed by atoms with van der Waals surface area (Å²) in [7, 11) is 0. The number of aromatic nitrogens is 2. The third-order valence-electron chi connectivity index (χ3n) is 16.6. The third kappa shape index (κ3) is 7.47. The molecule has 4 nitrogen and oxygen atoms in total. The second-order valence-electron chi connectivity index (χ2n) is 21.1. The van der Waals surface area contributed by atoms with E-state index in [-0.39, 0.29) is 6.71 Å². The van der Waals surface area contributed by atoms with E-state index in [9.17, 15) is 0 Å². The maximum absolute atomic E-state index is 7.37. The number of para-hydroxylation sites is 3. The molecular formula is C76H50BN3O. The van der Waals surface area contributed by atoms with Crippen molar-refractivity contribution in [3.05, 3.63) is 303 Å². The van der Waals surface area contributed by atoms with E-state index in [0.29, 0.717) is 0 Å². The summed E-state index contributed by atoms with van der Waals surface area (Å²) in [6.07, 6.45) is 0. The Hall–Kier alpha value is -10.6. The minimum absolute atomic E-state index is 0.164. The Labute approximate surface area is 471 Å². The molecule has 0 saturated carbocycles. The highest BCUT2D eigenvalue weighted by Crippen LogP contribution is 2.51. The molecule has 0 fully saturated rings. The van der Waals surface area contributed by atoms with E-state index in [4.69, 9.17) is 4.74 Å². The molecule has 5 heteroatoms. The van der Waals surface area contributed by atoms with Crippen LogP contribution in [0, 0.1) is 0 Å². The number of anilines is 3. The number of ether oxygens (including phenoxy) is 1. The van der Waals surface area contributed by atoms with Crippen LogP contribution >= 0.6 is 0 Å². The zero-order chi connectivity index (χ0) is 53.4. The van der Waals surface area contributed by atoms with Gasteiger partial charge < -0.3 is 18.8 Å². The van der Waals surface area contributed by atoms with Gasteiger partial charge in [0.25, 0.3) is 6.71 Å². The highest BCUT2D eigenvalue weighted by Gasteiger charge is 2.43. The second-order valence-corrected chi connectivity index (χ2v) is 21.1. The van der Waals surface area contributed by atoms with Crippen molar-refractivity contribution in [2.45, 2.75) is 0 Å². The standard InChI is InChI=1S/C76H50BN3O/c1-7-25-51(26-8-1)59-39-23-40-60(52-27-9-2-10-28-52)76(59)80-67-43-24-44-69-73(67)77(63-47-45-57(49-68(63)80)78-65-41-21-19-37-61(65)71(53-29-11-3-12-30-53)74(78)55-33-15-5-16-34-55)64-48-46-58(50-70(64)81-69)79-66-42-22-20-38-62(66)72(54-31-13-4-14-32-54)75(79)56-35-17-6-18-36-56/h1-50H. The largest absolute Gasteiger partial charge is 0.458 e. The molecule has 0 unspecified atom stereocenters. The molecule has 0 N–H and O–H groups in total. The number of hydrogen-bond acceptors (Lipinski definition) is 2. The first kappa shape index (κ1) is 46.5. The first-order valence-electron chi connectivity index (χ1n) is 27.9. The molecule has 14 aromatic rings. The van der Waals surface area contributed by atoms with Gasteiger partial charge in [-0.15, -0.1) is 0 Å². The lowest BCUT2D eigenvalue weighted by atomic mass is 9.34. The lowest BCUT2D eigenvalue weighted by Gasteiger charge is -2.41. The lowest BCUT2D eigenvalue weighted by Crippen LogP contribution is -2.59. The molecule has 0 bridgehead atoms. The van der Waals surface area contributed by atoms with Crippen molar-refractivity contribution in [2.24, 2.45) is 0 Å². The van der Waals surface area contributed by atoms with Crippen molar-refractivity contribution >= 4 is 62.0 Å². The Morgan fingerprint density at radius 3 is 1.22 bits per heavy atom. The molecule has 0 amide bonds. The van der Waals surface area contributed by atoms with Crippen molar-refractivity contribution < 1.29 is 4.74 Å². The molecule has 0 radical (unpaired) electrons. The molecule has 4 heterocycles. The van der Waals surface area contributed by atoms with Crippen LogP contribution in [0.4, 0.5) is 17.1 Å². The summed E-state index contributed by atoms with van der Waals surface area (Å²) < 4.78 is 12.3. The van der Waals surface area contributed by atoms with E-state index in [0.717, 1.165) is 107 Å². The van der Waals surface area contributed by atoms with Crippen molar-refractivity contribution in [3.8, 4) is 89.9 Å². The van der Waals surface area contributed by atoms with Crippen LogP contribution in [-0.4, -0.2) is 15.8 Å². The molecule has 2 aliphatic heterocycles. The summed E-state index contributed by atoms with van der Waals surface area (Å²) in [6, 6.07) is 110. The first-order valence-corrected chi connectivity index (χ1v) is 27.9. The van der Waals surface area contributed by atoms with Gasteiger partial charge in [-0.05, 0) is 92.2 Å². The van der Waals surface area contributed by atoms with Gasteiger partial charge in [0.05, 0.1) is 28.1 Å². The van der Waals surface area contributed by atoms with E-state index >= 15 is 0 Å². The number of rotatable bonds is 9. The van der Waals surface area contributed by atoms with Crippen LogP contribution in [0.5, 0.6) is 11.5 Å². The molecular weight excluding hydrogens is 982 g/mol. The van der Waals surface area contributed by atoms with Crippen molar-refractivity contribution in [2.75, 3.05) is 4.90 Å². The lowest BCUT2D eigenvalue weighted by molar-refractivity contribution is 0.487. The van der Waals surface area contributed by atoms with Crippen LogP contribution in [0.25, 0.3) is 100 Å².